The lowest BCUT2D eigenvalue weighted by molar-refractivity contribution is 0.102. The van der Waals surface area contributed by atoms with Gasteiger partial charge in [0.2, 0.25) is 0 Å². The van der Waals surface area contributed by atoms with E-state index in [0.717, 1.165) is 11.3 Å². The first-order chi connectivity index (χ1) is 11.7. The number of ether oxygens (including phenoxy) is 1. The van der Waals surface area contributed by atoms with E-state index < -0.39 is 5.82 Å². The summed E-state index contributed by atoms with van der Waals surface area (Å²) in [5.74, 6) is -0.0202. The van der Waals surface area contributed by atoms with E-state index in [1.54, 1.807) is 24.3 Å². The van der Waals surface area contributed by atoms with Crippen LogP contribution in [0, 0.1) is 5.82 Å². The number of amides is 1. The molecule has 1 N–H and O–H groups in total. The second kappa shape index (κ2) is 7.42. The molecule has 0 spiro atoms. The number of rotatable bonds is 5. The Morgan fingerprint density at radius 3 is 2.25 bits per heavy atom. The van der Waals surface area contributed by atoms with Gasteiger partial charge in [-0.05, 0) is 42.0 Å². The van der Waals surface area contributed by atoms with Crippen molar-refractivity contribution in [3.8, 4) is 5.75 Å². The summed E-state index contributed by atoms with van der Waals surface area (Å²) in [4.78, 5) is 12.1. The number of carbonyl (C=O) groups is 1. The van der Waals surface area contributed by atoms with Crippen LogP contribution in [0.25, 0.3) is 0 Å². The third kappa shape index (κ3) is 3.98. The highest BCUT2D eigenvalue weighted by atomic mass is 19.1. The number of anilines is 1. The zero-order valence-electron chi connectivity index (χ0n) is 12.9. The number of para-hydroxylation sites is 2. The number of nitrogens with one attached hydrogen (secondary N) is 1. The Kier molecular flexibility index (Phi) is 4.87. The molecule has 3 nitrogen and oxygen atoms in total. The average Bonchev–Trinajstić information content (AvgIpc) is 2.63. The number of hydrogen-bond donors (Lipinski definition) is 1. The predicted molar refractivity (Wildman–Crippen MR) is 91.6 cm³/mol. The van der Waals surface area contributed by atoms with Gasteiger partial charge in [-0.2, -0.15) is 0 Å². The summed E-state index contributed by atoms with van der Waals surface area (Å²) in [6.07, 6.45) is 0. The summed E-state index contributed by atoms with van der Waals surface area (Å²) in [5.41, 5.74) is 1.57. The van der Waals surface area contributed by atoms with Gasteiger partial charge in [-0.15, -0.1) is 0 Å². The molecule has 0 aromatic heterocycles. The third-order valence-corrected chi connectivity index (χ3v) is 3.49. The van der Waals surface area contributed by atoms with Crippen LogP contribution >= 0.6 is 0 Å². The predicted octanol–water partition coefficient (Wildman–Crippen LogP) is 4.66. The van der Waals surface area contributed by atoms with Crippen LogP contribution in [0.5, 0.6) is 5.75 Å². The van der Waals surface area contributed by atoms with E-state index in [1.165, 1.54) is 12.1 Å². The molecule has 3 aromatic rings. The Bertz CT molecular complexity index is 817. The van der Waals surface area contributed by atoms with E-state index in [9.17, 15) is 9.18 Å². The maximum Gasteiger partial charge on any atom is 0.255 e. The maximum atomic E-state index is 13.6. The van der Waals surface area contributed by atoms with Crippen molar-refractivity contribution in [2.45, 2.75) is 6.61 Å². The average molecular weight is 321 g/mol. The summed E-state index contributed by atoms with van der Waals surface area (Å²) < 4.78 is 19.2. The lowest BCUT2D eigenvalue weighted by atomic mass is 10.1. The fraction of sp³-hybridized carbons (Fsp3) is 0.0500. The fourth-order valence-corrected chi connectivity index (χ4v) is 2.19. The van der Waals surface area contributed by atoms with E-state index in [1.807, 2.05) is 42.5 Å². The Balaban J connectivity index is 1.61. The van der Waals surface area contributed by atoms with Crippen molar-refractivity contribution in [1.82, 2.24) is 0 Å². The quantitative estimate of drug-likeness (QED) is 0.742. The van der Waals surface area contributed by atoms with Crippen LogP contribution in [0.15, 0.2) is 78.9 Å². The number of carbonyl (C=O) groups excluding carboxylic acids is 1. The van der Waals surface area contributed by atoms with Crippen molar-refractivity contribution in [2.24, 2.45) is 0 Å². The summed E-state index contributed by atoms with van der Waals surface area (Å²) >= 11 is 0. The smallest absolute Gasteiger partial charge is 0.255 e. The second-order valence-corrected chi connectivity index (χ2v) is 5.23. The normalized spacial score (nSPS) is 10.2. The molecule has 24 heavy (non-hydrogen) atoms. The molecule has 4 heteroatoms. The van der Waals surface area contributed by atoms with E-state index in [0.29, 0.717) is 12.2 Å². The molecule has 0 saturated carbocycles. The Morgan fingerprint density at radius 2 is 1.54 bits per heavy atom. The van der Waals surface area contributed by atoms with Crippen LogP contribution in [0.1, 0.15) is 15.9 Å². The van der Waals surface area contributed by atoms with Crippen LogP contribution in [-0.4, -0.2) is 5.91 Å². The minimum Gasteiger partial charge on any atom is -0.489 e. The molecule has 0 bridgehead atoms. The molecule has 0 unspecified atom stereocenters. The standard InChI is InChI=1S/C20H16FNO2/c21-18-8-4-5-9-19(18)22-20(23)16-12-10-15(11-13-16)14-24-17-6-2-1-3-7-17/h1-13H,14H2,(H,22,23). The highest BCUT2D eigenvalue weighted by Crippen LogP contribution is 2.15. The largest absolute Gasteiger partial charge is 0.489 e. The molecule has 0 saturated heterocycles. The number of benzene rings is 3. The summed E-state index contributed by atoms with van der Waals surface area (Å²) in [6, 6.07) is 22.6. The van der Waals surface area contributed by atoms with Crippen molar-refractivity contribution >= 4 is 11.6 Å². The van der Waals surface area contributed by atoms with Crippen LogP contribution in [-0.2, 0) is 6.61 Å². The summed E-state index contributed by atoms with van der Waals surface area (Å²) in [5, 5.41) is 2.56. The topological polar surface area (TPSA) is 38.3 Å². The van der Waals surface area contributed by atoms with Gasteiger partial charge in [-0.25, -0.2) is 4.39 Å². The molecule has 1 amide bonds. The first kappa shape index (κ1) is 15.7. The van der Waals surface area contributed by atoms with Gasteiger partial charge in [0.05, 0.1) is 5.69 Å². The van der Waals surface area contributed by atoms with Gasteiger partial charge in [0, 0.05) is 5.56 Å². The van der Waals surface area contributed by atoms with E-state index in [-0.39, 0.29) is 11.6 Å². The highest BCUT2D eigenvalue weighted by molar-refractivity contribution is 6.04. The first-order valence-corrected chi connectivity index (χ1v) is 7.55. The monoisotopic (exact) mass is 321 g/mol. The minimum atomic E-state index is -0.460. The van der Waals surface area contributed by atoms with Crippen molar-refractivity contribution in [2.75, 3.05) is 5.32 Å². The van der Waals surface area contributed by atoms with Crippen LogP contribution in [0.3, 0.4) is 0 Å². The fourth-order valence-electron chi connectivity index (χ4n) is 2.19. The molecule has 0 aliphatic heterocycles. The lowest BCUT2D eigenvalue weighted by Gasteiger charge is -2.08. The van der Waals surface area contributed by atoms with E-state index in [2.05, 4.69) is 5.32 Å². The van der Waals surface area contributed by atoms with Crippen molar-refractivity contribution in [3.05, 3.63) is 95.8 Å². The third-order valence-electron chi connectivity index (χ3n) is 3.49. The van der Waals surface area contributed by atoms with Gasteiger partial charge >= 0.3 is 0 Å². The molecule has 120 valence electrons. The molecule has 0 radical (unpaired) electrons. The first-order valence-electron chi connectivity index (χ1n) is 7.55. The molecule has 3 rings (SSSR count). The number of hydrogen-bond acceptors (Lipinski definition) is 2. The van der Waals surface area contributed by atoms with Gasteiger partial charge in [0.15, 0.2) is 0 Å². The van der Waals surface area contributed by atoms with Gasteiger partial charge in [-0.1, -0.05) is 42.5 Å². The van der Waals surface area contributed by atoms with Gasteiger partial charge in [-0.3, -0.25) is 4.79 Å². The maximum absolute atomic E-state index is 13.6. The van der Waals surface area contributed by atoms with E-state index >= 15 is 0 Å². The highest BCUT2D eigenvalue weighted by Gasteiger charge is 2.08. The molecule has 0 heterocycles. The Labute approximate surface area is 139 Å². The van der Waals surface area contributed by atoms with Gasteiger partial charge in [0.25, 0.3) is 5.91 Å². The molecular weight excluding hydrogens is 305 g/mol. The molecule has 3 aromatic carbocycles. The number of halogens is 1. The molecule has 0 aliphatic carbocycles. The summed E-state index contributed by atoms with van der Waals surface area (Å²) in [7, 11) is 0. The minimum absolute atomic E-state index is 0.166. The molecule has 0 fully saturated rings. The van der Waals surface area contributed by atoms with Crippen LogP contribution in [0.4, 0.5) is 10.1 Å². The van der Waals surface area contributed by atoms with Crippen LogP contribution < -0.4 is 10.1 Å². The Hall–Kier alpha value is -3.14. The van der Waals surface area contributed by atoms with Crippen LogP contribution in [0.2, 0.25) is 0 Å². The van der Waals surface area contributed by atoms with Crippen molar-refractivity contribution in [1.29, 1.82) is 0 Å². The SMILES string of the molecule is O=C(Nc1ccccc1F)c1ccc(COc2ccccc2)cc1. The summed E-state index contributed by atoms with van der Waals surface area (Å²) in [6.45, 7) is 0.416. The van der Waals surface area contributed by atoms with Gasteiger partial charge in [0.1, 0.15) is 18.2 Å². The van der Waals surface area contributed by atoms with Crippen molar-refractivity contribution in [3.63, 3.8) is 0 Å². The molecular formula is C20H16FNO2. The van der Waals surface area contributed by atoms with Gasteiger partial charge < -0.3 is 10.1 Å². The van der Waals surface area contributed by atoms with Crippen molar-refractivity contribution < 1.29 is 13.9 Å². The second-order valence-electron chi connectivity index (χ2n) is 5.23. The molecule has 0 aliphatic rings. The molecule has 0 atom stereocenters. The Morgan fingerprint density at radius 1 is 0.875 bits per heavy atom. The zero-order chi connectivity index (χ0) is 16.8. The zero-order valence-corrected chi connectivity index (χ0v) is 12.9. The lowest BCUT2D eigenvalue weighted by Crippen LogP contribution is -2.13. The van der Waals surface area contributed by atoms with E-state index in [4.69, 9.17) is 4.74 Å².